The molecule has 0 fully saturated rings. The van der Waals surface area contributed by atoms with Crippen LogP contribution in [-0.4, -0.2) is 18.5 Å². The summed E-state index contributed by atoms with van der Waals surface area (Å²) >= 11 is 0. The molecule has 0 radical (unpaired) electrons. The van der Waals surface area contributed by atoms with Crippen molar-refractivity contribution in [3.05, 3.63) is 59.0 Å². The van der Waals surface area contributed by atoms with Gasteiger partial charge >= 0.3 is 0 Å². The normalized spacial score (nSPS) is 11.2. The third kappa shape index (κ3) is 4.22. The number of rotatable bonds is 7. The van der Waals surface area contributed by atoms with E-state index >= 15 is 0 Å². The van der Waals surface area contributed by atoms with Crippen LogP contribution in [0.15, 0.2) is 40.8 Å². The predicted octanol–water partition coefficient (Wildman–Crippen LogP) is 3.33. The van der Waals surface area contributed by atoms with Gasteiger partial charge in [0.2, 0.25) is 0 Å². The number of nitrogens with zero attached hydrogens (tertiary/aromatic N) is 1. The Balaban J connectivity index is 1.93. The number of hydrogen-bond acceptors (Lipinski definition) is 3. The van der Waals surface area contributed by atoms with Gasteiger partial charge in [-0.1, -0.05) is 37.3 Å². The van der Waals surface area contributed by atoms with Crippen LogP contribution in [0.25, 0.3) is 0 Å². The van der Waals surface area contributed by atoms with Gasteiger partial charge in [-0.2, -0.15) is 0 Å². The van der Waals surface area contributed by atoms with Gasteiger partial charge in [-0.15, -0.1) is 0 Å². The van der Waals surface area contributed by atoms with E-state index in [0.29, 0.717) is 0 Å². The molecule has 0 saturated heterocycles. The second-order valence-electron chi connectivity index (χ2n) is 5.23. The summed E-state index contributed by atoms with van der Waals surface area (Å²) in [6.07, 6.45) is 0. The summed E-state index contributed by atoms with van der Waals surface area (Å²) in [5, 5.41) is 3.29. The third-order valence-electron chi connectivity index (χ3n) is 3.36. The van der Waals surface area contributed by atoms with E-state index in [0.717, 1.165) is 37.7 Å². The van der Waals surface area contributed by atoms with E-state index in [9.17, 15) is 0 Å². The van der Waals surface area contributed by atoms with Gasteiger partial charge in [0.1, 0.15) is 11.5 Å². The Kier molecular flexibility index (Phi) is 5.39. The van der Waals surface area contributed by atoms with Crippen molar-refractivity contribution >= 4 is 0 Å². The Morgan fingerprint density at radius 1 is 1.15 bits per heavy atom. The highest BCUT2D eigenvalue weighted by Crippen LogP contribution is 2.17. The van der Waals surface area contributed by atoms with Crippen LogP contribution >= 0.6 is 0 Å². The zero-order valence-corrected chi connectivity index (χ0v) is 12.6. The van der Waals surface area contributed by atoms with Crippen LogP contribution in [0, 0.1) is 6.92 Å². The fourth-order valence-corrected chi connectivity index (χ4v) is 2.32. The molecular weight excluding hydrogens is 248 g/mol. The number of nitrogens with one attached hydrogen (secondary N) is 1. The van der Waals surface area contributed by atoms with Crippen molar-refractivity contribution in [1.29, 1.82) is 0 Å². The first kappa shape index (κ1) is 14.8. The highest BCUT2D eigenvalue weighted by Gasteiger charge is 2.09. The fourth-order valence-electron chi connectivity index (χ4n) is 2.32. The van der Waals surface area contributed by atoms with Crippen LogP contribution in [0.5, 0.6) is 0 Å². The Bertz CT molecular complexity index is 519. The molecule has 0 saturated carbocycles. The van der Waals surface area contributed by atoms with Gasteiger partial charge in [0.05, 0.1) is 6.54 Å². The Labute approximate surface area is 121 Å². The minimum absolute atomic E-state index is 0.805. The standard InChI is InChI=1S/C17H24N2O/c1-4-18-11-17-10-16(14(2)20-17)13-19(3)12-15-8-6-5-7-9-15/h5-10,18H,4,11-13H2,1-3H3. The number of furan rings is 1. The molecule has 0 unspecified atom stereocenters. The lowest BCUT2D eigenvalue weighted by molar-refractivity contribution is 0.316. The molecule has 108 valence electrons. The first-order valence-corrected chi connectivity index (χ1v) is 7.20. The van der Waals surface area contributed by atoms with Crippen molar-refractivity contribution in [1.82, 2.24) is 10.2 Å². The van der Waals surface area contributed by atoms with Crippen LogP contribution in [0.2, 0.25) is 0 Å². The van der Waals surface area contributed by atoms with Crippen molar-refractivity contribution < 1.29 is 4.42 Å². The zero-order chi connectivity index (χ0) is 14.4. The smallest absolute Gasteiger partial charge is 0.118 e. The van der Waals surface area contributed by atoms with E-state index in [1.807, 2.05) is 6.92 Å². The maximum atomic E-state index is 5.78. The quantitative estimate of drug-likeness (QED) is 0.838. The number of hydrogen-bond donors (Lipinski definition) is 1. The molecule has 1 N–H and O–H groups in total. The van der Waals surface area contributed by atoms with Crippen LogP contribution in [-0.2, 0) is 19.6 Å². The minimum atomic E-state index is 0.805. The molecule has 2 aromatic rings. The molecule has 0 aliphatic rings. The molecule has 0 bridgehead atoms. The molecule has 20 heavy (non-hydrogen) atoms. The minimum Gasteiger partial charge on any atom is -0.465 e. The van der Waals surface area contributed by atoms with Crippen molar-refractivity contribution in [2.24, 2.45) is 0 Å². The molecule has 3 heteroatoms. The lowest BCUT2D eigenvalue weighted by Crippen LogP contribution is -2.17. The second kappa shape index (κ2) is 7.27. The van der Waals surface area contributed by atoms with Crippen molar-refractivity contribution in [2.45, 2.75) is 33.5 Å². The highest BCUT2D eigenvalue weighted by molar-refractivity contribution is 5.21. The molecule has 1 heterocycles. The lowest BCUT2D eigenvalue weighted by atomic mass is 10.2. The average molecular weight is 272 g/mol. The molecule has 1 aromatic heterocycles. The van der Waals surface area contributed by atoms with E-state index in [4.69, 9.17) is 4.42 Å². The largest absolute Gasteiger partial charge is 0.465 e. The highest BCUT2D eigenvalue weighted by atomic mass is 16.3. The van der Waals surface area contributed by atoms with Gasteiger partial charge in [-0.05, 0) is 32.1 Å². The average Bonchev–Trinajstić information content (AvgIpc) is 2.78. The maximum absolute atomic E-state index is 5.78. The van der Waals surface area contributed by atoms with Crippen molar-refractivity contribution in [3.63, 3.8) is 0 Å². The van der Waals surface area contributed by atoms with Gasteiger partial charge in [-0.3, -0.25) is 4.90 Å². The van der Waals surface area contributed by atoms with Gasteiger partial charge in [0.15, 0.2) is 0 Å². The summed E-state index contributed by atoms with van der Waals surface area (Å²) in [6.45, 7) is 7.78. The first-order valence-electron chi connectivity index (χ1n) is 7.20. The topological polar surface area (TPSA) is 28.4 Å². The molecular formula is C17H24N2O. The second-order valence-corrected chi connectivity index (χ2v) is 5.23. The molecule has 0 amide bonds. The predicted molar refractivity (Wildman–Crippen MR) is 82.4 cm³/mol. The molecule has 0 atom stereocenters. The van der Waals surface area contributed by atoms with E-state index in [-0.39, 0.29) is 0 Å². The Morgan fingerprint density at radius 3 is 2.60 bits per heavy atom. The molecule has 3 nitrogen and oxygen atoms in total. The molecule has 0 aliphatic heterocycles. The van der Waals surface area contributed by atoms with Crippen LogP contribution in [0.1, 0.15) is 29.6 Å². The molecule has 1 aromatic carbocycles. The van der Waals surface area contributed by atoms with Crippen LogP contribution < -0.4 is 5.32 Å². The summed E-state index contributed by atoms with van der Waals surface area (Å²) in [5.74, 6) is 2.05. The monoisotopic (exact) mass is 272 g/mol. The number of aryl methyl sites for hydroxylation is 1. The van der Waals surface area contributed by atoms with Gasteiger partial charge in [0.25, 0.3) is 0 Å². The van der Waals surface area contributed by atoms with Crippen LogP contribution in [0.3, 0.4) is 0 Å². The fraction of sp³-hybridized carbons (Fsp3) is 0.412. The summed E-state index contributed by atoms with van der Waals surface area (Å²) < 4.78 is 5.78. The van der Waals surface area contributed by atoms with E-state index in [1.54, 1.807) is 0 Å². The van der Waals surface area contributed by atoms with E-state index < -0.39 is 0 Å². The molecule has 0 aliphatic carbocycles. The van der Waals surface area contributed by atoms with E-state index in [1.165, 1.54) is 11.1 Å². The summed E-state index contributed by atoms with van der Waals surface area (Å²) in [4.78, 5) is 2.31. The Hall–Kier alpha value is -1.58. The lowest BCUT2D eigenvalue weighted by Gasteiger charge is -2.16. The SMILES string of the molecule is CCNCc1cc(CN(C)Cc2ccccc2)c(C)o1. The number of benzene rings is 1. The van der Waals surface area contributed by atoms with Gasteiger partial charge < -0.3 is 9.73 Å². The summed E-state index contributed by atoms with van der Waals surface area (Å²) in [6, 6.07) is 12.7. The van der Waals surface area contributed by atoms with Crippen molar-refractivity contribution in [3.8, 4) is 0 Å². The summed E-state index contributed by atoms with van der Waals surface area (Å²) in [5.41, 5.74) is 2.61. The third-order valence-corrected chi connectivity index (χ3v) is 3.36. The maximum Gasteiger partial charge on any atom is 0.118 e. The molecule has 2 rings (SSSR count). The Morgan fingerprint density at radius 2 is 1.90 bits per heavy atom. The first-order chi connectivity index (χ1) is 9.69. The molecule has 0 spiro atoms. The van der Waals surface area contributed by atoms with Crippen molar-refractivity contribution in [2.75, 3.05) is 13.6 Å². The van der Waals surface area contributed by atoms with Gasteiger partial charge in [0, 0.05) is 18.7 Å². The van der Waals surface area contributed by atoms with E-state index in [2.05, 4.69) is 60.6 Å². The van der Waals surface area contributed by atoms with Crippen LogP contribution in [0.4, 0.5) is 0 Å². The summed E-state index contributed by atoms with van der Waals surface area (Å²) in [7, 11) is 2.14. The van der Waals surface area contributed by atoms with Gasteiger partial charge in [-0.25, -0.2) is 0 Å². The zero-order valence-electron chi connectivity index (χ0n) is 12.6.